The molecule has 6 nitrogen and oxygen atoms in total. The number of fused-ring (bicyclic) bond motifs is 1. The van der Waals surface area contributed by atoms with Crippen molar-refractivity contribution in [3.8, 4) is 0 Å². The molecule has 7 heteroatoms. The summed E-state index contributed by atoms with van der Waals surface area (Å²) in [5.74, 6) is 2.05. The van der Waals surface area contributed by atoms with Gasteiger partial charge < -0.3 is 10.3 Å². The van der Waals surface area contributed by atoms with Crippen LogP contribution in [0.2, 0.25) is 0 Å². The van der Waals surface area contributed by atoms with E-state index in [0.29, 0.717) is 18.2 Å². The molecule has 0 bridgehead atoms. The van der Waals surface area contributed by atoms with Gasteiger partial charge in [0.15, 0.2) is 5.03 Å². The maximum absolute atomic E-state index is 12.3. The van der Waals surface area contributed by atoms with Crippen molar-refractivity contribution in [2.24, 2.45) is 11.8 Å². The first-order valence-corrected chi connectivity index (χ1v) is 8.83. The van der Waals surface area contributed by atoms with E-state index in [1.54, 1.807) is 0 Å². The zero-order chi connectivity index (χ0) is 14.2. The molecule has 1 saturated heterocycles. The lowest BCUT2D eigenvalue weighted by molar-refractivity contribution is 0.260. The Balaban J connectivity index is 1.67. The van der Waals surface area contributed by atoms with Gasteiger partial charge in [0.25, 0.3) is 10.0 Å². The molecule has 0 amide bonds. The molecule has 2 fully saturated rings. The Hall–Kier alpha value is -0.920. The molecule has 1 aliphatic heterocycles. The SMILES string of the molecule is CCc1ncc(S(=O)(=O)NC2CC[C@H]3CNC[C@H]3C2)[nH]1. The highest BCUT2D eigenvalue weighted by Crippen LogP contribution is 2.33. The minimum Gasteiger partial charge on any atom is -0.332 e. The summed E-state index contributed by atoms with van der Waals surface area (Å²) in [5, 5.41) is 3.58. The Labute approximate surface area is 119 Å². The van der Waals surface area contributed by atoms with Crippen LogP contribution in [0.5, 0.6) is 0 Å². The summed E-state index contributed by atoms with van der Waals surface area (Å²) in [6.45, 7) is 4.05. The Morgan fingerprint density at radius 3 is 2.90 bits per heavy atom. The van der Waals surface area contributed by atoms with Gasteiger partial charge in [-0.05, 0) is 44.2 Å². The predicted octanol–water partition coefficient (Wildman–Crippen LogP) is 0.638. The highest BCUT2D eigenvalue weighted by atomic mass is 32.2. The van der Waals surface area contributed by atoms with Gasteiger partial charge in [-0.25, -0.2) is 18.1 Å². The number of sulfonamides is 1. The van der Waals surface area contributed by atoms with Crippen molar-refractivity contribution in [1.29, 1.82) is 0 Å². The summed E-state index contributed by atoms with van der Waals surface area (Å²) in [4.78, 5) is 6.93. The van der Waals surface area contributed by atoms with Gasteiger partial charge in [0.2, 0.25) is 0 Å². The normalized spacial score (nSPS) is 30.4. The fourth-order valence-electron chi connectivity index (χ4n) is 3.35. The van der Waals surface area contributed by atoms with Gasteiger partial charge in [-0.3, -0.25) is 0 Å². The first kappa shape index (κ1) is 14.0. The van der Waals surface area contributed by atoms with Crippen LogP contribution < -0.4 is 10.0 Å². The predicted molar refractivity (Wildman–Crippen MR) is 75.8 cm³/mol. The van der Waals surface area contributed by atoms with E-state index in [-0.39, 0.29) is 11.1 Å². The van der Waals surface area contributed by atoms with E-state index in [4.69, 9.17) is 0 Å². The van der Waals surface area contributed by atoms with E-state index in [1.165, 1.54) is 6.20 Å². The Kier molecular flexibility index (Phi) is 3.83. The number of hydrogen-bond donors (Lipinski definition) is 3. The molecule has 2 heterocycles. The zero-order valence-corrected chi connectivity index (χ0v) is 12.5. The maximum Gasteiger partial charge on any atom is 0.257 e. The lowest BCUT2D eigenvalue weighted by Crippen LogP contribution is -2.40. The Bertz CT molecular complexity index is 569. The van der Waals surface area contributed by atoms with Crippen molar-refractivity contribution in [3.05, 3.63) is 12.0 Å². The van der Waals surface area contributed by atoms with Gasteiger partial charge in [-0.1, -0.05) is 6.92 Å². The molecular formula is C13H22N4O2S. The first-order valence-electron chi connectivity index (χ1n) is 7.35. The topological polar surface area (TPSA) is 86.9 Å². The zero-order valence-electron chi connectivity index (χ0n) is 11.7. The van der Waals surface area contributed by atoms with E-state index in [1.807, 2.05) is 6.92 Å². The minimum absolute atomic E-state index is 0.0505. The van der Waals surface area contributed by atoms with Gasteiger partial charge in [-0.15, -0.1) is 0 Å². The number of aromatic nitrogens is 2. The fraction of sp³-hybridized carbons (Fsp3) is 0.769. The second kappa shape index (κ2) is 5.46. The van der Waals surface area contributed by atoms with Crippen LogP contribution in [-0.2, 0) is 16.4 Å². The van der Waals surface area contributed by atoms with Gasteiger partial charge in [0, 0.05) is 12.5 Å². The molecule has 0 aromatic carbocycles. The smallest absolute Gasteiger partial charge is 0.257 e. The molecule has 3 rings (SSSR count). The molecule has 1 aromatic rings. The molecule has 112 valence electrons. The molecule has 1 aliphatic carbocycles. The summed E-state index contributed by atoms with van der Waals surface area (Å²) >= 11 is 0. The average Bonchev–Trinajstić information content (AvgIpc) is 3.06. The number of H-pyrrole nitrogens is 1. The van der Waals surface area contributed by atoms with Crippen molar-refractivity contribution in [1.82, 2.24) is 20.0 Å². The monoisotopic (exact) mass is 298 g/mol. The third kappa shape index (κ3) is 2.75. The largest absolute Gasteiger partial charge is 0.332 e. The summed E-state index contributed by atoms with van der Waals surface area (Å²) in [6, 6.07) is 0.0505. The number of nitrogens with zero attached hydrogens (tertiary/aromatic N) is 1. The second-order valence-electron chi connectivity index (χ2n) is 5.86. The summed E-state index contributed by atoms with van der Waals surface area (Å²) in [6.07, 6.45) is 5.08. The van der Waals surface area contributed by atoms with E-state index in [0.717, 1.165) is 38.3 Å². The molecule has 0 spiro atoms. The number of hydrogen-bond acceptors (Lipinski definition) is 4. The number of aromatic amines is 1. The van der Waals surface area contributed by atoms with E-state index in [2.05, 4.69) is 20.0 Å². The molecule has 1 unspecified atom stereocenters. The van der Waals surface area contributed by atoms with Gasteiger partial charge in [-0.2, -0.15) is 0 Å². The minimum atomic E-state index is -3.47. The molecule has 1 aromatic heterocycles. The van der Waals surface area contributed by atoms with E-state index < -0.39 is 10.0 Å². The highest BCUT2D eigenvalue weighted by molar-refractivity contribution is 7.89. The number of imidazole rings is 1. The van der Waals surface area contributed by atoms with Crippen LogP contribution in [0.25, 0.3) is 0 Å². The second-order valence-corrected chi connectivity index (χ2v) is 7.54. The van der Waals surface area contributed by atoms with Crippen molar-refractivity contribution < 1.29 is 8.42 Å². The van der Waals surface area contributed by atoms with Crippen LogP contribution in [0.15, 0.2) is 11.2 Å². The van der Waals surface area contributed by atoms with E-state index in [9.17, 15) is 8.42 Å². The van der Waals surface area contributed by atoms with Crippen molar-refractivity contribution in [2.45, 2.75) is 43.7 Å². The van der Waals surface area contributed by atoms with Gasteiger partial charge in [0.1, 0.15) is 5.82 Å². The number of nitrogens with one attached hydrogen (secondary N) is 3. The molecule has 3 atom stereocenters. The third-order valence-electron chi connectivity index (χ3n) is 4.50. The van der Waals surface area contributed by atoms with E-state index >= 15 is 0 Å². The highest BCUT2D eigenvalue weighted by Gasteiger charge is 2.35. The molecular weight excluding hydrogens is 276 g/mol. The van der Waals surface area contributed by atoms with Gasteiger partial charge >= 0.3 is 0 Å². The number of aryl methyl sites for hydroxylation is 1. The Morgan fingerprint density at radius 2 is 2.15 bits per heavy atom. The lowest BCUT2D eigenvalue weighted by atomic mass is 9.79. The summed E-state index contributed by atoms with van der Waals surface area (Å²) < 4.78 is 27.5. The third-order valence-corrected chi connectivity index (χ3v) is 5.93. The molecule has 0 radical (unpaired) electrons. The van der Waals surface area contributed by atoms with Crippen LogP contribution >= 0.6 is 0 Å². The molecule has 3 N–H and O–H groups in total. The molecule has 1 saturated carbocycles. The lowest BCUT2D eigenvalue weighted by Gasteiger charge is -2.31. The van der Waals surface area contributed by atoms with Crippen LogP contribution in [0.1, 0.15) is 32.0 Å². The van der Waals surface area contributed by atoms with Crippen LogP contribution in [0, 0.1) is 11.8 Å². The maximum atomic E-state index is 12.3. The molecule has 20 heavy (non-hydrogen) atoms. The van der Waals surface area contributed by atoms with Crippen LogP contribution in [-0.4, -0.2) is 37.5 Å². The van der Waals surface area contributed by atoms with Crippen LogP contribution in [0.3, 0.4) is 0 Å². The van der Waals surface area contributed by atoms with Crippen molar-refractivity contribution >= 4 is 10.0 Å². The molecule has 2 aliphatic rings. The average molecular weight is 298 g/mol. The summed E-state index contributed by atoms with van der Waals surface area (Å²) in [7, 11) is -3.47. The fourth-order valence-corrected chi connectivity index (χ4v) is 4.57. The summed E-state index contributed by atoms with van der Waals surface area (Å²) in [5.41, 5.74) is 0. The quantitative estimate of drug-likeness (QED) is 0.761. The number of rotatable bonds is 4. The van der Waals surface area contributed by atoms with Crippen molar-refractivity contribution in [3.63, 3.8) is 0 Å². The van der Waals surface area contributed by atoms with Gasteiger partial charge in [0.05, 0.1) is 6.20 Å². The first-order chi connectivity index (χ1) is 9.58. The Morgan fingerprint density at radius 1 is 1.35 bits per heavy atom. The standard InChI is InChI=1S/C13H22N4O2S/c1-2-12-15-8-13(16-12)20(18,19)17-11-4-3-9-6-14-7-10(9)5-11/h8-11,14,17H,2-7H2,1H3,(H,15,16)/t9-,10+,11?/m0/s1. The van der Waals surface area contributed by atoms with Crippen LogP contribution in [0.4, 0.5) is 0 Å². The van der Waals surface area contributed by atoms with Crippen molar-refractivity contribution in [2.75, 3.05) is 13.1 Å².